The van der Waals surface area contributed by atoms with E-state index in [1.807, 2.05) is 6.08 Å². The van der Waals surface area contributed by atoms with Crippen molar-refractivity contribution in [3.8, 4) is 0 Å². The van der Waals surface area contributed by atoms with Gasteiger partial charge >= 0.3 is 5.97 Å². The minimum atomic E-state index is -1.11. The van der Waals surface area contributed by atoms with E-state index in [0.717, 1.165) is 10.5 Å². The number of hydrogen-bond acceptors (Lipinski definition) is 7. The predicted molar refractivity (Wildman–Crippen MR) is 118 cm³/mol. The van der Waals surface area contributed by atoms with E-state index >= 15 is 0 Å². The van der Waals surface area contributed by atoms with Gasteiger partial charge in [0.2, 0.25) is 11.8 Å². The number of aliphatic carboxylic acids is 1. The average Bonchev–Trinajstić information content (AvgIpc) is 3.37. The number of aliphatic hydroxyl groups excluding tert-OH is 1. The van der Waals surface area contributed by atoms with E-state index in [0.29, 0.717) is 11.5 Å². The van der Waals surface area contributed by atoms with Crippen LogP contribution in [0.3, 0.4) is 0 Å². The lowest BCUT2D eigenvalue weighted by Gasteiger charge is -2.41. The van der Waals surface area contributed by atoms with E-state index in [9.17, 15) is 29.1 Å². The zero-order chi connectivity index (χ0) is 24.3. The highest BCUT2D eigenvalue weighted by Crippen LogP contribution is 2.55. The van der Waals surface area contributed by atoms with Crippen LogP contribution in [0, 0.1) is 17.8 Å². The van der Waals surface area contributed by atoms with E-state index in [2.05, 4.69) is 15.9 Å². The van der Waals surface area contributed by atoms with Gasteiger partial charge in [0.1, 0.15) is 18.1 Å². The van der Waals surface area contributed by atoms with Gasteiger partial charge in [-0.3, -0.25) is 28.9 Å². The summed E-state index contributed by atoms with van der Waals surface area (Å²) in [5, 5.41) is 18.5. The molecule has 2 heterocycles. The molecule has 1 aliphatic heterocycles. The molecule has 0 bridgehead atoms. The Morgan fingerprint density at radius 1 is 1.15 bits per heavy atom. The van der Waals surface area contributed by atoms with Crippen LogP contribution in [0.5, 0.6) is 0 Å². The van der Waals surface area contributed by atoms with Gasteiger partial charge in [-0.1, -0.05) is 11.6 Å². The van der Waals surface area contributed by atoms with Crippen LogP contribution >= 0.6 is 15.9 Å². The first-order valence-electron chi connectivity index (χ1n) is 10.9. The van der Waals surface area contributed by atoms with Gasteiger partial charge in [0.25, 0.3) is 0 Å². The summed E-state index contributed by atoms with van der Waals surface area (Å²) < 4.78 is 5.90. The number of rotatable bonds is 5. The Morgan fingerprint density at radius 2 is 1.91 bits per heavy atom. The van der Waals surface area contributed by atoms with Crippen LogP contribution in [-0.4, -0.2) is 51.0 Å². The average molecular weight is 530 g/mol. The quantitative estimate of drug-likeness (QED) is 0.335. The summed E-state index contributed by atoms with van der Waals surface area (Å²) in [6.45, 7) is -0.543. The summed E-state index contributed by atoms with van der Waals surface area (Å²) in [6.07, 6.45) is 3.11. The third-order valence-electron chi connectivity index (χ3n) is 7.09. The highest BCUT2D eigenvalue weighted by Gasteiger charge is 2.56. The first-order valence-corrected chi connectivity index (χ1v) is 11.7. The Balaban J connectivity index is 1.60. The van der Waals surface area contributed by atoms with Crippen molar-refractivity contribution in [3.63, 3.8) is 0 Å². The molecular weight excluding hydrogens is 510 g/mol. The maximum atomic E-state index is 13.3. The Labute approximate surface area is 201 Å². The number of furan rings is 1. The number of nitrogens with zero attached hydrogens (tertiary/aromatic N) is 1. The van der Waals surface area contributed by atoms with Gasteiger partial charge in [-0.25, -0.2) is 0 Å². The molecule has 0 aromatic carbocycles. The Hall–Kier alpha value is -3.11. The molecule has 4 unspecified atom stereocenters. The zero-order valence-electron chi connectivity index (χ0n) is 17.8. The molecule has 4 atom stereocenters. The van der Waals surface area contributed by atoms with E-state index in [-0.39, 0.29) is 59.6 Å². The van der Waals surface area contributed by atoms with Crippen molar-refractivity contribution in [1.82, 2.24) is 4.90 Å². The lowest BCUT2D eigenvalue weighted by Crippen LogP contribution is -2.39. The fourth-order valence-corrected chi connectivity index (χ4v) is 6.11. The summed E-state index contributed by atoms with van der Waals surface area (Å²) >= 11 is 3.16. The Morgan fingerprint density at radius 3 is 2.59 bits per heavy atom. The highest BCUT2D eigenvalue weighted by molar-refractivity contribution is 9.12. The van der Waals surface area contributed by atoms with Crippen molar-refractivity contribution in [3.05, 3.63) is 57.0 Å². The van der Waals surface area contributed by atoms with Crippen LogP contribution in [-0.2, 0) is 30.6 Å². The smallest absolute Gasteiger partial charge is 0.305 e. The highest BCUT2D eigenvalue weighted by atomic mass is 79.9. The second-order valence-electron chi connectivity index (χ2n) is 8.83. The lowest BCUT2D eigenvalue weighted by molar-refractivity contribution is -0.142. The van der Waals surface area contributed by atoms with Crippen LogP contribution in [0.4, 0.5) is 0 Å². The van der Waals surface area contributed by atoms with E-state index in [1.54, 1.807) is 12.1 Å². The number of carboxylic acids is 1. The third-order valence-corrected chi connectivity index (χ3v) is 7.68. The molecule has 9 nitrogen and oxygen atoms in total. The zero-order valence-corrected chi connectivity index (χ0v) is 19.4. The van der Waals surface area contributed by atoms with Crippen molar-refractivity contribution in [2.45, 2.75) is 31.8 Å². The minimum absolute atomic E-state index is 0.117. The number of ketones is 2. The number of imide groups is 1. The molecule has 34 heavy (non-hydrogen) atoms. The molecule has 0 saturated carbocycles. The number of Topliss-reactive ketones (excluding diaryl/α,β-unsaturated/α-hetero) is 1. The molecule has 2 N–H and O–H groups in total. The number of likely N-dealkylation sites (tertiary alicyclic amines) is 1. The summed E-state index contributed by atoms with van der Waals surface area (Å²) in [5.74, 6) is -4.63. The number of hydrogen-bond donors (Lipinski definition) is 2. The largest absolute Gasteiger partial charge is 0.481 e. The van der Waals surface area contributed by atoms with E-state index < -0.39 is 41.5 Å². The maximum absolute atomic E-state index is 13.3. The number of carboxylic acid groups (broad SMARTS) is 1. The van der Waals surface area contributed by atoms with Gasteiger partial charge in [0.05, 0.1) is 28.7 Å². The molecular formula is C24H20BrNO8. The summed E-state index contributed by atoms with van der Waals surface area (Å²) in [4.78, 5) is 64.4. The molecule has 3 aliphatic carbocycles. The summed E-state index contributed by atoms with van der Waals surface area (Å²) in [7, 11) is 0. The molecule has 5 rings (SSSR count). The van der Waals surface area contributed by atoms with Crippen LogP contribution < -0.4 is 0 Å². The SMILES string of the molecule is O=C(O)CCN1C(=O)C2CC=C3C(c4ccc(CO)o4)C4=C(CC3C2C1=O)C(=O)C(Br)=CC4=O. The van der Waals surface area contributed by atoms with Gasteiger partial charge in [-0.05, 0) is 46.8 Å². The van der Waals surface area contributed by atoms with Gasteiger partial charge in [-0.15, -0.1) is 0 Å². The van der Waals surface area contributed by atoms with Crippen molar-refractivity contribution < 1.29 is 38.6 Å². The van der Waals surface area contributed by atoms with Gasteiger partial charge < -0.3 is 14.6 Å². The number of allylic oxidation sites excluding steroid dienone is 6. The van der Waals surface area contributed by atoms with E-state index in [4.69, 9.17) is 9.52 Å². The van der Waals surface area contributed by atoms with Gasteiger partial charge in [0.15, 0.2) is 11.6 Å². The first-order chi connectivity index (χ1) is 16.2. The normalized spacial score (nSPS) is 28.5. The second kappa shape index (κ2) is 8.28. The standard InChI is InChI=1S/C24H20BrNO8/c25-15-8-16(28)20-14(22(15)31)7-13-11(21(20)17-4-1-10(9-27)34-17)2-3-12-19(13)24(33)26(23(12)32)6-5-18(29)30/h1-2,4,8,12-13,19,21,27H,3,5-7,9H2,(H,29,30). The lowest BCUT2D eigenvalue weighted by atomic mass is 9.60. The van der Waals surface area contributed by atoms with Gasteiger partial charge in [0, 0.05) is 23.8 Å². The number of carbonyl (C=O) groups is 5. The van der Waals surface area contributed by atoms with E-state index in [1.165, 1.54) is 6.08 Å². The fraction of sp³-hybridized carbons (Fsp3) is 0.375. The molecule has 0 radical (unpaired) electrons. The summed E-state index contributed by atoms with van der Waals surface area (Å²) in [6, 6.07) is 3.23. The number of halogens is 1. The monoisotopic (exact) mass is 529 g/mol. The van der Waals surface area contributed by atoms with Crippen molar-refractivity contribution >= 4 is 45.3 Å². The van der Waals surface area contributed by atoms with Crippen LogP contribution in [0.1, 0.15) is 36.7 Å². The molecule has 1 aromatic rings. The first kappa shape index (κ1) is 22.7. The molecule has 1 fully saturated rings. The van der Waals surface area contributed by atoms with Crippen LogP contribution in [0.25, 0.3) is 0 Å². The molecule has 10 heteroatoms. The predicted octanol–water partition coefficient (Wildman–Crippen LogP) is 2.01. The molecule has 1 saturated heterocycles. The molecule has 0 spiro atoms. The number of carbonyl (C=O) groups excluding carboxylic acids is 4. The second-order valence-corrected chi connectivity index (χ2v) is 9.68. The van der Waals surface area contributed by atoms with Crippen molar-refractivity contribution in [1.29, 1.82) is 0 Å². The third kappa shape index (κ3) is 3.35. The molecule has 176 valence electrons. The molecule has 2 amide bonds. The Kier molecular flexibility index (Phi) is 5.52. The van der Waals surface area contributed by atoms with Crippen LogP contribution in [0.15, 0.2) is 49.9 Å². The summed E-state index contributed by atoms with van der Waals surface area (Å²) in [5.41, 5.74) is 1.29. The van der Waals surface area contributed by atoms with Crippen molar-refractivity contribution in [2.24, 2.45) is 17.8 Å². The number of fused-ring (bicyclic) bond motifs is 3. The topological polar surface area (TPSA) is 142 Å². The number of amides is 2. The Bertz CT molecular complexity index is 1250. The number of aliphatic hydroxyl groups is 1. The molecule has 1 aromatic heterocycles. The van der Waals surface area contributed by atoms with Crippen LogP contribution in [0.2, 0.25) is 0 Å². The minimum Gasteiger partial charge on any atom is -0.481 e. The molecule has 4 aliphatic rings. The van der Waals surface area contributed by atoms with Gasteiger partial charge in [-0.2, -0.15) is 0 Å². The maximum Gasteiger partial charge on any atom is 0.305 e. The van der Waals surface area contributed by atoms with Crippen molar-refractivity contribution in [2.75, 3.05) is 6.54 Å². The fourth-order valence-electron chi connectivity index (χ4n) is 5.66.